The maximum Gasteiger partial charge on any atom is 0.264 e. The van der Waals surface area contributed by atoms with Crippen LogP contribution < -0.4 is 14.4 Å². The standard InChI is InChI=1S/C24H28ClN3O3S.ClH/c1-27(2)17-18-28(32(29,30)22-8-4-3-5-9-22)24-11-7-6-10-23(24)26-16-19-31-21-14-12-20(25)13-15-21;/h3-15,26H,16-19H2,1-2H3;1H. The molecule has 0 aliphatic rings. The van der Waals surface area contributed by atoms with E-state index in [0.717, 1.165) is 11.4 Å². The van der Waals surface area contributed by atoms with E-state index in [1.165, 1.54) is 4.31 Å². The molecule has 0 aromatic heterocycles. The summed E-state index contributed by atoms with van der Waals surface area (Å²) >= 11 is 5.90. The fourth-order valence-electron chi connectivity index (χ4n) is 3.11. The van der Waals surface area contributed by atoms with E-state index in [0.29, 0.717) is 37.0 Å². The van der Waals surface area contributed by atoms with Crippen molar-refractivity contribution < 1.29 is 13.2 Å². The van der Waals surface area contributed by atoms with Gasteiger partial charge in [0.15, 0.2) is 0 Å². The first-order valence-electron chi connectivity index (χ1n) is 10.3. The van der Waals surface area contributed by atoms with Gasteiger partial charge in [-0.05, 0) is 62.6 Å². The number of halogens is 2. The Morgan fingerprint density at radius 2 is 1.52 bits per heavy atom. The molecule has 3 aromatic rings. The first-order valence-corrected chi connectivity index (χ1v) is 12.1. The zero-order valence-electron chi connectivity index (χ0n) is 18.6. The Labute approximate surface area is 207 Å². The predicted octanol–water partition coefficient (Wildman–Crippen LogP) is 5.01. The molecule has 0 radical (unpaired) electrons. The Morgan fingerprint density at radius 3 is 2.18 bits per heavy atom. The monoisotopic (exact) mass is 509 g/mol. The molecule has 1 N–H and O–H groups in total. The first kappa shape index (κ1) is 26.8. The number of hydrogen-bond acceptors (Lipinski definition) is 5. The Kier molecular flexibility index (Phi) is 10.3. The van der Waals surface area contributed by atoms with Gasteiger partial charge in [-0.3, -0.25) is 4.31 Å². The highest BCUT2D eigenvalue weighted by atomic mass is 35.5. The second kappa shape index (κ2) is 12.7. The van der Waals surface area contributed by atoms with E-state index in [2.05, 4.69) is 5.32 Å². The Hall–Kier alpha value is -2.45. The normalized spacial score (nSPS) is 11.0. The third-order valence-corrected chi connectivity index (χ3v) is 6.83. The van der Waals surface area contributed by atoms with Crippen LogP contribution in [0.15, 0.2) is 83.8 Å². The average molecular weight is 510 g/mol. The van der Waals surface area contributed by atoms with Crippen LogP contribution in [0.3, 0.4) is 0 Å². The summed E-state index contributed by atoms with van der Waals surface area (Å²) < 4.78 is 34.2. The zero-order valence-corrected chi connectivity index (χ0v) is 21.0. The lowest BCUT2D eigenvalue weighted by molar-refractivity contribution is 0.333. The predicted molar refractivity (Wildman–Crippen MR) is 139 cm³/mol. The van der Waals surface area contributed by atoms with Crippen molar-refractivity contribution in [3.8, 4) is 5.75 Å². The van der Waals surface area contributed by atoms with Crippen molar-refractivity contribution in [2.75, 3.05) is 50.0 Å². The van der Waals surface area contributed by atoms with Gasteiger partial charge in [-0.2, -0.15) is 0 Å². The Bertz CT molecular complexity index is 1100. The SMILES string of the molecule is CN(C)CCN(c1ccccc1NCCOc1ccc(Cl)cc1)S(=O)(=O)c1ccccc1.Cl. The van der Waals surface area contributed by atoms with Gasteiger partial charge in [0.1, 0.15) is 12.4 Å². The smallest absolute Gasteiger partial charge is 0.264 e. The van der Waals surface area contributed by atoms with Crippen molar-refractivity contribution in [2.24, 2.45) is 0 Å². The summed E-state index contributed by atoms with van der Waals surface area (Å²) in [4.78, 5) is 2.23. The van der Waals surface area contributed by atoms with Crippen molar-refractivity contribution in [2.45, 2.75) is 4.90 Å². The second-order valence-corrected chi connectivity index (χ2v) is 9.74. The molecule has 0 bridgehead atoms. The van der Waals surface area contributed by atoms with Crippen LogP contribution in [0.1, 0.15) is 0 Å². The molecule has 0 atom stereocenters. The average Bonchev–Trinajstić information content (AvgIpc) is 2.79. The first-order chi connectivity index (χ1) is 15.4. The fraction of sp³-hybridized carbons (Fsp3) is 0.250. The van der Waals surface area contributed by atoms with Crippen LogP contribution in [-0.2, 0) is 10.0 Å². The summed E-state index contributed by atoms with van der Waals surface area (Å²) in [5, 5.41) is 3.97. The number of benzene rings is 3. The molecule has 0 spiro atoms. The fourth-order valence-corrected chi connectivity index (χ4v) is 4.73. The molecule has 0 aliphatic carbocycles. The molecule has 178 valence electrons. The lowest BCUT2D eigenvalue weighted by atomic mass is 10.2. The Morgan fingerprint density at radius 1 is 0.879 bits per heavy atom. The molecule has 0 saturated heterocycles. The summed E-state index contributed by atoms with van der Waals surface area (Å²) in [5.41, 5.74) is 1.33. The number of nitrogens with one attached hydrogen (secondary N) is 1. The van der Waals surface area contributed by atoms with Crippen LogP contribution in [0, 0.1) is 0 Å². The molecule has 0 heterocycles. The van der Waals surface area contributed by atoms with Crippen molar-refractivity contribution in [1.29, 1.82) is 0 Å². The zero-order chi connectivity index (χ0) is 23.0. The van der Waals surface area contributed by atoms with Crippen LogP contribution >= 0.6 is 24.0 Å². The van der Waals surface area contributed by atoms with Gasteiger partial charge in [-0.25, -0.2) is 8.42 Å². The number of ether oxygens (including phenoxy) is 1. The summed E-state index contributed by atoms with van der Waals surface area (Å²) in [6.07, 6.45) is 0. The number of likely N-dealkylation sites (N-methyl/N-ethyl adjacent to an activating group) is 1. The van der Waals surface area contributed by atoms with E-state index < -0.39 is 10.0 Å². The molecule has 0 amide bonds. The molecule has 9 heteroatoms. The molecule has 0 unspecified atom stereocenters. The molecular weight excluding hydrogens is 481 g/mol. The van der Waals surface area contributed by atoms with E-state index in [1.54, 1.807) is 42.5 Å². The highest BCUT2D eigenvalue weighted by Crippen LogP contribution is 2.30. The molecule has 33 heavy (non-hydrogen) atoms. The van der Waals surface area contributed by atoms with Crippen LogP contribution in [0.25, 0.3) is 0 Å². The molecular formula is C24H29Cl2N3O3S. The lowest BCUT2D eigenvalue weighted by Gasteiger charge is -2.28. The highest BCUT2D eigenvalue weighted by molar-refractivity contribution is 7.92. The van der Waals surface area contributed by atoms with E-state index >= 15 is 0 Å². The number of nitrogens with zero attached hydrogens (tertiary/aromatic N) is 2. The third-order valence-electron chi connectivity index (χ3n) is 4.75. The van der Waals surface area contributed by atoms with Gasteiger partial charge < -0.3 is 15.0 Å². The maximum absolute atomic E-state index is 13.5. The molecule has 3 aromatic carbocycles. The van der Waals surface area contributed by atoms with Crippen molar-refractivity contribution in [3.05, 3.63) is 83.9 Å². The van der Waals surface area contributed by atoms with E-state index in [1.807, 2.05) is 55.4 Å². The van der Waals surface area contributed by atoms with Gasteiger partial charge in [0.2, 0.25) is 0 Å². The summed E-state index contributed by atoms with van der Waals surface area (Å²) in [7, 11) is 0.117. The van der Waals surface area contributed by atoms with Crippen LogP contribution in [0.4, 0.5) is 11.4 Å². The van der Waals surface area contributed by atoms with Crippen LogP contribution in [0.5, 0.6) is 5.75 Å². The summed E-state index contributed by atoms with van der Waals surface area (Å²) in [6, 6.07) is 23.1. The Balaban J connectivity index is 0.00000385. The van der Waals surface area contributed by atoms with Crippen LogP contribution in [0.2, 0.25) is 5.02 Å². The number of hydrogen-bond donors (Lipinski definition) is 1. The molecule has 0 fully saturated rings. The van der Waals surface area contributed by atoms with Gasteiger partial charge in [-0.1, -0.05) is 41.9 Å². The lowest BCUT2D eigenvalue weighted by Crippen LogP contribution is -2.37. The quantitative estimate of drug-likeness (QED) is 0.368. The molecule has 0 aliphatic heterocycles. The summed E-state index contributed by atoms with van der Waals surface area (Å²) in [5.74, 6) is 0.726. The minimum atomic E-state index is -3.73. The van der Waals surface area contributed by atoms with Gasteiger partial charge in [0, 0.05) is 24.7 Å². The maximum atomic E-state index is 13.5. The number of sulfonamides is 1. The van der Waals surface area contributed by atoms with Crippen molar-refractivity contribution in [1.82, 2.24) is 4.90 Å². The van der Waals surface area contributed by atoms with Gasteiger partial charge in [0.05, 0.1) is 16.3 Å². The minimum absolute atomic E-state index is 0. The van der Waals surface area contributed by atoms with Crippen molar-refractivity contribution >= 4 is 45.4 Å². The van der Waals surface area contributed by atoms with Crippen LogP contribution in [-0.4, -0.2) is 53.7 Å². The number of para-hydroxylation sites is 2. The number of anilines is 2. The molecule has 0 saturated carbocycles. The van der Waals surface area contributed by atoms with Gasteiger partial charge in [0.25, 0.3) is 10.0 Å². The molecule has 6 nitrogen and oxygen atoms in total. The summed E-state index contributed by atoms with van der Waals surface area (Å²) in [6.45, 7) is 1.83. The van der Waals surface area contributed by atoms with Gasteiger partial charge in [-0.15, -0.1) is 12.4 Å². The molecule has 3 rings (SSSR count). The van der Waals surface area contributed by atoms with Gasteiger partial charge >= 0.3 is 0 Å². The van der Waals surface area contributed by atoms with E-state index in [9.17, 15) is 8.42 Å². The second-order valence-electron chi connectivity index (χ2n) is 7.44. The minimum Gasteiger partial charge on any atom is -0.492 e. The number of rotatable bonds is 11. The van der Waals surface area contributed by atoms with E-state index in [-0.39, 0.29) is 17.3 Å². The highest BCUT2D eigenvalue weighted by Gasteiger charge is 2.26. The van der Waals surface area contributed by atoms with E-state index in [4.69, 9.17) is 16.3 Å². The largest absolute Gasteiger partial charge is 0.492 e. The van der Waals surface area contributed by atoms with Crippen molar-refractivity contribution in [3.63, 3.8) is 0 Å². The topological polar surface area (TPSA) is 61.9 Å². The third kappa shape index (κ3) is 7.54.